The predicted molar refractivity (Wildman–Crippen MR) is 71.1 cm³/mol. The average Bonchev–Trinajstić information content (AvgIpc) is 2.84. The van der Waals surface area contributed by atoms with Gasteiger partial charge < -0.3 is 20.5 Å². The van der Waals surface area contributed by atoms with E-state index in [4.69, 9.17) is 9.84 Å². The Balaban J connectivity index is 2.57. The first kappa shape index (κ1) is 16.9. The highest BCUT2D eigenvalue weighted by Gasteiger charge is 2.32. The van der Waals surface area contributed by atoms with Crippen LogP contribution in [0.2, 0.25) is 0 Å². The third kappa shape index (κ3) is 5.05. The van der Waals surface area contributed by atoms with Crippen LogP contribution in [0, 0.1) is 5.92 Å². The van der Waals surface area contributed by atoms with Crippen molar-refractivity contribution in [3.05, 3.63) is 0 Å². The minimum Gasteiger partial charge on any atom is -0.480 e. The number of amides is 2. The largest absolute Gasteiger partial charge is 0.480 e. The maximum absolute atomic E-state index is 11.9. The molecule has 118 valence electrons. The van der Waals surface area contributed by atoms with E-state index >= 15 is 0 Å². The van der Waals surface area contributed by atoms with E-state index < -0.39 is 35.8 Å². The van der Waals surface area contributed by atoms with Crippen LogP contribution in [0.25, 0.3) is 0 Å². The molecule has 1 fully saturated rings. The predicted octanol–water partition coefficient (Wildman–Crippen LogP) is -0.576. The molecule has 8 heteroatoms. The van der Waals surface area contributed by atoms with Gasteiger partial charge in [0.1, 0.15) is 12.1 Å². The molecule has 0 radical (unpaired) electrons. The summed E-state index contributed by atoms with van der Waals surface area (Å²) in [6, 6.07) is -1.91. The second-order valence-electron chi connectivity index (χ2n) is 4.95. The molecule has 21 heavy (non-hydrogen) atoms. The number of nitrogens with one attached hydrogen (secondary N) is 2. The van der Waals surface area contributed by atoms with Crippen LogP contribution < -0.4 is 10.6 Å². The first-order chi connectivity index (χ1) is 9.85. The minimum atomic E-state index is -1.23. The molecule has 0 aromatic carbocycles. The molecule has 1 heterocycles. The van der Waals surface area contributed by atoms with Crippen LogP contribution in [0.15, 0.2) is 0 Å². The number of aliphatic carboxylic acids is 1. The third-order valence-electron chi connectivity index (χ3n) is 3.20. The summed E-state index contributed by atoms with van der Waals surface area (Å²) >= 11 is 0. The Labute approximate surface area is 122 Å². The Morgan fingerprint density at radius 1 is 1.48 bits per heavy atom. The summed E-state index contributed by atoms with van der Waals surface area (Å²) in [4.78, 5) is 45.6. The van der Waals surface area contributed by atoms with Crippen molar-refractivity contribution in [3.8, 4) is 0 Å². The normalized spacial score (nSPS) is 20.3. The van der Waals surface area contributed by atoms with Gasteiger partial charge in [-0.25, -0.2) is 4.79 Å². The Kier molecular flexibility index (Phi) is 6.13. The van der Waals surface area contributed by atoms with Gasteiger partial charge >= 0.3 is 11.9 Å². The molecular weight excluding hydrogens is 280 g/mol. The number of carbonyl (C=O) groups excluding carboxylic acids is 3. The zero-order valence-corrected chi connectivity index (χ0v) is 12.0. The van der Waals surface area contributed by atoms with Crippen LogP contribution in [0.5, 0.6) is 0 Å². The van der Waals surface area contributed by atoms with Gasteiger partial charge in [-0.2, -0.15) is 0 Å². The summed E-state index contributed by atoms with van der Waals surface area (Å²) < 4.78 is 4.80. The average molecular weight is 300 g/mol. The van der Waals surface area contributed by atoms with Crippen molar-refractivity contribution in [2.45, 2.75) is 45.2 Å². The molecule has 8 nitrogen and oxygen atoms in total. The Morgan fingerprint density at radius 2 is 2.14 bits per heavy atom. The summed E-state index contributed by atoms with van der Waals surface area (Å²) in [6.45, 7) is 3.41. The highest BCUT2D eigenvalue weighted by Crippen LogP contribution is 2.11. The Hall–Kier alpha value is -2.12. The van der Waals surface area contributed by atoms with E-state index in [1.807, 2.05) is 0 Å². The summed E-state index contributed by atoms with van der Waals surface area (Å²) in [7, 11) is 0. The van der Waals surface area contributed by atoms with Crippen molar-refractivity contribution in [1.82, 2.24) is 10.6 Å². The van der Waals surface area contributed by atoms with Gasteiger partial charge in [0.15, 0.2) is 0 Å². The smallest absolute Gasteiger partial charge is 0.326 e. The number of hydrogen-bond donors (Lipinski definition) is 3. The van der Waals surface area contributed by atoms with Gasteiger partial charge in [-0.3, -0.25) is 14.4 Å². The maximum Gasteiger partial charge on any atom is 0.326 e. The molecule has 0 spiro atoms. The van der Waals surface area contributed by atoms with Gasteiger partial charge in [0.2, 0.25) is 11.8 Å². The fourth-order valence-electron chi connectivity index (χ4n) is 2.04. The number of rotatable bonds is 7. The van der Waals surface area contributed by atoms with E-state index in [9.17, 15) is 19.2 Å². The number of carboxylic acids is 1. The number of esters is 1. The molecule has 0 bridgehead atoms. The first-order valence-electron chi connectivity index (χ1n) is 6.84. The molecule has 1 aliphatic rings. The van der Waals surface area contributed by atoms with Gasteiger partial charge in [-0.05, 0) is 19.8 Å². The minimum absolute atomic E-state index is 0.0689. The molecule has 0 unspecified atom stereocenters. The quantitative estimate of drug-likeness (QED) is 0.541. The number of hydrogen-bond acceptors (Lipinski definition) is 5. The Morgan fingerprint density at radius 3 is 2.62 bits per heavy atom. The molecule has 1 saturated heterocycles. The third-order valence-corrected chi connectivity index (χ3v) is 3.20. The fourth-order valence-corrected chi connectivity index (χ4v) is 2.04. The van der Waals surface area contributed by atoms with Gasteiger partial charge in [0, 0.05) is 6.42 Å². The topological polar surface area (TPSA) is 122 Å². The van der Waals surface area contributed by atoms with E-state index in [0.29, 0.717) is 6.42 Å². The summed E-state index contributed by atoms with van der Waals surface area (Å²) in [6.07, 6.45) is 0.514. The van der Waals surface area contributed by atoms with Crippen molar-refractivity contribution in [1.29, 1.82) is 0 Å². The Bertz CT molecular complexity index is 436. The van der Waals surface area contributed by atoms with Crippen LogP contribution >= 0.6 is 0 Å². The highest BCUT2D eigenvalue weighted by atomic mass is 16.5. The molecule has 0 saturated carbocycles. The first-order valence-corrected chi connectivity index (χ1v) is 6.84. The number of carboxylic acid groups (broad SMARTS) is 1. The summed E-state index contributed by atoms with van der Waals surface area (Å²) in [5.74, 6) is -3.17. The maximum atomic E-state index is 11.9. The zero-order valence-electron chi connectivity index (χ0n) is 12.0. The van der Waals surface area contributed by atoms with Crippen LogP contribution in [0.1, 0.15) is 33.1 Å². The van der Waals surface area contributed by atoms with E-state index in [0.717, 1.165) is 0 Å². The zero-order chi connectivity index (χ0) is 16.0. The van der Waals surface area contributed by atoms with E-state index in [-0.39, 0.29) is 25.4 Å². The summed E-state index contributed by atoms with van der Waals surface area (Å²) in [5, 5.41) is 13.9. The standard InChI is InChI=1S/C13H20N2O6/c1-3-21-13(20)7(2)6-9(12(18)19)15-11(17)8-4-5-10(16)14-8/h7-9H,3-6H2,1-2H3,(H,14,16)(H,15,17)(H,18,19)/t7-,8-,9+/m0/s1. The molecule has 3 atom stereocenters. The van der Waals surface area contributed by atoms with Gasteiger partial charge in [-0.15, -0.1) is 0 Å². The fraction of sp³-hybridized carbons (Fsp3) is 0.692. The van der Waals surface area contributed by atoms with Crippen molar-refractivity contribution in [2.24, 2.45) is 5.92 Å². The lowest BCUT2D eigenvalue weighted by Crippen LogP contribution is -2.49. The number of carbonyl (C=O) groups is 4. The van der Waals surface area contributed by atoms with Crippen LogP contribution in [0.4, 0.5) is 0 Å². The molecule has 2 amide bonds. The number of ether oxygens (including phenoxy) is 1. The monoisotopic (exact) mass is 300 g/mol. The molecule has 0 aromatic rings. The molecule has 1 aliphatic heterocycles. The molecule has 0 aliphatic carbocycles. The van der Waals surface area contributed by atoms with Gasteiger partial charge in [-0.1, -0.05) is 6.92 Å². The van der Waals surface area contributed by atoms with Crippen molar-refractivity contribution < 1.29 is 29.0 Å². The molecule has 1 rings (SSSR count). The van der Waals surface area contributed by atoms with Gasteiger partial charge in [0.05, 0.1) is 12.5 Å². The van der Waals surface area contributed by atoms with Crippen molar-refractivity contribution in [2.75, 3.05) is 6.61 Å². The van der Waals surface area contributed by atoms with Crippen LogP contribution in [0.3, 0.4) is 0 Å². The van der Waals surface area contributed by atoms with E-state index in [2.05, 4.69) is 10.6 Å². The van der Waals surface area contributed by atoms with Crippen LogP contribution in [-0.2, 0) is 23.9 Å². The molecule has 3 N–H and O–H groups in total. The lowest BCUT2D eigenvalue weighted by molar-refractivity contribution is -0.149. The second kappa shape index (κ2) is 7.61. The van der Waals surface area contributed by atoms with E-state index in [1.54, 1.807) is 6.92 Å². The second-order valence-corrected chi connectivity index (χ2v) is 4.95. The van der Waals surface area contributed by atoms with Crippen LogP contribution in [-0.4, -0.2) is 47.6 Å². The SMILES string of the molecule is CCOC(=O)[C@@H](C)C[C@@H](NC(=O)[C@@H]1CCC(=O)N1)C(=O)O. The van der Waals surface area contributed by atoms with Crippen molar-refractivity contribution in [3.63, 3.8) is 0 Å². The molecule has 0 aromatic heterocycles. The lowest BCUT2D eigenvalue weighted by atomic mass is 10.0. The summed E-state index contributed by atoms with van der Waals surface area (Å²) in [5.41, 5.74) is 0. The highest BCUT2D eigenvalue weighted by molar-refractivity contribution is 5.92. The lowest BCUT2D eigenvalue weighted by Gasteiger charge is -2.19. The van der Waals surface area contributed by atoms with E-state index in [1.165, 1.54) is 6.92 Å². The van der Waals surface area contributed by atoms with Crippen molar-refractivity contribution >= 4 is 23.8 Å². The van der Waals surface area contributed by atoms with Gasteiger partial charge in [0.25, 0.3) is 0 Å². The molecular formula is C13H20N2O6.